The number of hydrogen-bond donors (Lipinski definition) is 2. The molecule has 1 fully saturated rings. The first-order valence-corrected chi connectivity index (χ1v) is 7.68. The van der Waals surface area contributed by atoms with Crippen molar-refractivity contribution < 1.29 is 0 Å². The fourth-order valence-electron chi connectivity index (χ4n) is 3.19. The molecule has 4 N–H and O–H groups in total. The number of hydrogen-bond acceptors (Lipinski definition) is 5. The molecule has 1 aliphatic heterocycles. The second-order valence-corrected chi connectivity index (χ2v) is 6.13. The normalized spacial score (nSPS) is 20.1. The van der Waals surface area contributed by atoms with Crippen LogP contribution < -0.4 is 11.5 Å². The van der Waals surface area contributed by atoms with Crippen LogP contribution in [0.25, 0.3) is 0 Å². The summed E-state index contributed by atoms with van der Waals surface area (Å²) in [6, 6.07) is 7.79. The zero-order valence-corrected chi connectivity index (χ0v) is 13.9. The lowest BCUT2D eigenvalue weighted by molar-refractivity contribution is 0.114. The summed E-state index contributed by atoms with van der Waals surface area (Å²) in [5.41, 5.74) is 12.8. The van der Waals surface area contributed by atoms with Crippen molar-refractivity contribution in [3.63, 3.8) is 0 Å². The highest BCUT2D eigenvalue weighted by atomic mass is 35.5. The minimum absolute atomic E-state index is 0. The van der Waals surface area contributed by atoms with Crippen molar-refractivity contribution >= 4 is 35.9 Å². The van der Waals surface area contributed by atoms with Crippen LogP contribution in [0, 0.1) is 0 Å². The van der Waals surface area contributed by atoms with Gasteiger partial charge in [0, 0.05) is 11.6 Å². The molecule has 22 heavy (non-hydrogen) atoms. The van der Waals surface area contributed by atoms with Gasteiger partial charge in [-0.3, -0.25) is 0 Å². The first kappa shape index (κ1) is 16.9. The number of nitrogens with two attached hydrogens (primary N) is 2. The lowest BCUT2D eigenvalue weighted by atomic mass is 9.87. The van der Waals surface area contributed by atoms with Gasteiger partial charge in [0.25, 0.3) is 0 Å². The van der Waals surface area contributed by atoms with Crippen molar-refractivity contribution in [1.29, 1.82) is 0 Å². The highest BCUT2D eigenvalue weighted by molar-refractivity contribution is 6.30. The van der Waals surface area contributed by atoms with Crippen molar-refractivity contribution in [1.82, 2.24) is 4.90 Å². The number of rotatable bonds is 2. The van der Waals surface area contributed by atoms with Crippen LogP contribution in [0.15, 0.2) is 34.3 Å². The molecule has 0 amide bonds. The van der Waals surface area contributed by atoms with Crippen molar-refractivity contribution in [2.24, 2.45) is 21.5 Å². The monoisotopic (exact) mass is 341 g/mol. The van der Waals surface area contributed by atoms with E-state index >= 15 is 0 Å². The minimum atomic E-state index is -0.326. The van der Waals surface area contributed by atoms with E-state index in [9.17, 15) is 0 Å². The molecule has 2 aliphatic rings. The van der Waals surface area contributed by atoms with Crippen molar-refractivity contribution in [3.8, 4) is 0 Å². The summed E-state index contributed by atoms with van der Waals surface area (Å²) >= 11 is 5.94. The molecule has 7 heteroatoms. The van der Waals surface area contributed by atoms with E-state index in [1.165, 1.54) is 6.42 Å². The van der Waals surface area contributed by atoms with Gasteiger partial charge in [-0.15, -0.1) is 12.4 Å². The number of guanidine groups is 2. The van der Waals surface area contributed by atoms with Gasteiger partial charge in [-0.2, -0.15) is 4.99 Å². The summed E-state index contributed by atoms with van der Waals surface area (Å²) in [6.07, 6.45) is 5.46. The van der Waals surface area contributed by atoms with Crippen LogP contribution >= 0.6 is 24.0 Å². The molecular weight excluding hydrogens is 321 g/mol. The predicted molar refractivity (Wildman–Crippen MR) is 93.3 cm³/mol. The zero-order valence-electron chi connectivity index (χ0n) is 12.3. The highest BCUT2D eigenvalue weighted by Gasteiger charge is 2.41. The fraction of sp³-hybridized carbons (Fsp3) is 0.467. The molecule has 1 saturated carbocycles. The number of aliphatic imine (C=N–C) groups is 2. The Hall–Kier alpha value is -1.46. The van der Waals surface area contributed by atoms with E-state index in [-0.39, 0.29) is 18.1 Å². The van der Waals surface area contributed by atoms with Crippen molar-refractivity contribution in [2.45, 2.75) is 44.3 Å². The lowest BCUT2D eigenvalue weighted by Crippen LogP contribution is -2.57. The van der Waals surface area contributed by atoms with Gasteiger partial charge in [-0.25, -0.2) is 4.99 Å². The summed E-state index contributed by atoms with van der Waals surface area (Å²) < 4.78 is 0. The van der Waals surface area contributed by atoms with Crippen LogP contribution in [0.3, 0.4) is 0 Å². The number of nitrogens with zero attached hydrogens (tertiary/aromatic N) is 3. The average molecular weight is 342 g/mol. The summed E-state index contributed by atoms with van der Waals surface area (Å²) in [4.78, 5) is 10.9. The van der Waals surface area contributed by atoms with Gasteiger partial charge in [0.05, 0.1) is 0 Å². The van der Waals surface area contributed by atoms with Crippen LogP contribution in [-0.2, 0) is 6.54 Å². The van der Waals surface area contributed by atoms with Crippen LogP contribution in [-0.4, -0.2) is 22.5 Å². The van der Waals surface area contributed by atoms with E-state index in [1.807, 2.05) is 24.3 Å². The minimum Gasteiger partial charge on any atom is -0.369 e. The van der Waals surface area contributed by atoms with Gasteiger partial charge in [0.1, 0.15) is 5.66 Å². The Morgan fingerprint density at radius 3 is 2.36 bits per heavy atom. The van der Waals surface area contributed by atoms with Gasteiger partial charge in [0.15, 0.2) is 0 Å². The Morgan fingerprint density at radius 1 is 1.09 bits per heavy atom. The molecule has 120 valence electrons. The molecule has 1 aromatic carbocycles. The molecule has 1 aliphatic carbocycles. The number of halogens is 2. The SMILES string of the molecule is Cl.NC1=NC2(CCCCC2)N(Cc2ccc(Cl)cc2)C(N)=N1. The average Bonchev–Trinajstić information content (AvgIpc) is 2.46. The van der Waals surface area contributed by atoms with Gasteiger partial charge < -0.3 is 16.4 Å². The van der Waals surface area contributed by atoms with E-state index in [0.29, 0.717) is 18.5 Å². The smallest absolute Gasteiger partial charge is 0.220 e. The third-order valence-electron chi connectivity index (χ3n) is 4.24. The Bertz CT molecular complexity index is 576. The Kier molecular flexibility index (Phi) is 5.19. The topological polar surface area (TPSA) is 80.0 Å². The Morgan fingerprint density at radius 2 is 1.73 bits per heavy atom. The molecule has 0 saturated heterocycles. The van der Waals surface area contributed by atoms with Crippen molar-refractivity contribution in [2.75, 3.05) is 0 Å². The molecule has 0 bridgehead atoms. The standard InChI is InChI=1S/C15H20ClN5.ClH/c16-12-6-4-11(5-7-12)10-21-14(18)19-13(17)20-15(21)8-2-1-3-9-15;/h4-7H,1-3,8-10H2,(H4,17,18,19,20);1H. The molecular formula is C15H21Cl2N5. The van der Waals surface area contributed by atoms with Crippen molar-refractivity contribution in [3.05, 3.63) is 34.9 Å². The first-order chi connectivity index (χ1) is 10.1. The molecule has 0 unspecified atom stereocenters. The maximum atomic E-state index is 6.14. The molecule has 1 spiro atoms. The molecule has 0 aromatic heterocycles. The maximum Gasteiger partial charge on any atom is 0.220 e. The highest BCUT2D eigenvalue weighted by Crippen LogP contribution is 2.37. The largest absolute Gasteiger partial charge is 0.369 e. The molecule has 3 rings (SSSR count). The van der Waals surface area contributed by atoms with E-state index in [1.54, 1.807) is 0 Å². The van der Waals surface area contributed by atoms with E-state index in [4.69, 9.17) is 23.1 Å². The predicted octanol–water partition coefficient (Wildman–Crippen LogP) is 2.87. The van der Waals surface area contributed by atoms with Crippen LogP contribution in [0.1, 0.15) is 37.7 Å². The molecule has 1 aromatic rings. The lowest BCUT2D eigenvalue weighted by Gasteiger charge is -2.45. The first-order valence-electron chi connectivity index (χ1n) is 7.31. The van der Waals surface area contributed by atoms with Gasteiger partial charge in [-0.1, -0.05) is 30.2 Å². The van der Waals surface area contributed by atoms with Gasteiger partial charge in [0.2, 0.25) is 11.9 Å². The molecule has 0 atom stereocenters. The van der Waals surface area contributed by atoms with Crippen LogP contribution in [0.5, 0.6) is 0 Å². The second kappa shape index (κ2) is 6.75. The third kappa shape index (κ3) is 3.31. The third-order valence-corrected chi connectivity index (χ3v) is 4.49. The maximum absolute atomic E-state index is 6.14. The second-order valence-electron chi connectivity index (χ2n) is 5.70. The Balaban J connectivity index is 0.00000176. The van der Waals surface area contributed by atoms with E-state index in [2.05, 4.69) is 14.9 Å². The summed E-state index contributed by atoms with van der Waals surface area (Å²) in [7, 11) is 0. The molecule has 1 heterocycles. The van der Waals surface area contributed by atoms with E-state index < -0.39 is 0 Å². The quantitative estimate of drug-likeness (QED) is 0.867. The summed E-state index contributed by atoms with van der Waals surface area (Å²) in [6.45, 7) is 0.670. The van der Waals surface area contributed by atoms with Crippen LogP contribution in [0.2, 0.25) is 5.02 Å². The van der Waals surface area contributed by atoms with E-state index in [0.717, 1.165) is 36.3 Å². The fourth-order valence-corrected chi connectivity index (χ4v) is 3.32. The molecule has 0 radical (unpaired) electrons. The van der Waals surface area contributed by atoms with Gasteiger partial charge in [-0.05, 0) is 43.4 Å². The Labute approximate surface area is 141 Å². The zero-order chi connectivity index (χ0) is 14.9. The van der Waals surface area contributed by atoms with Crippen LogP contribution in [0.4, 0.5) is 0 Å². The summed E-state index contributed by atoms with van der Waals surface area (Å²) in [5, 5.41) is 0.730. The number of benzene rings is 1. The van der Waals surface area contributed by atoms with Gasteiger partial charge >= 0.3 is 0 Å². The summed E-state index contributed by atoms with van der Waals surface area (Å²) in [5.74, 6) is 0.751. The molecule has 5 nitrogen and oxygen atoms in total.